The van der Waals surface area contributed by atoms with Gasteiger partial charge in [0.1, 0.15) is 0 Å². The lowest BCUT2D eigenvalue weighted by molar-refractivity contribution is -0.133. The first kappa shape index (κ1) is 18.7. The fraction of sp³-hybridized carbons (Fsp3) is 0.350. The molecule has 1 fully saturated rings. The highest BCUT2D eigenvalue weighted by Crippen LogP contribution is 2.28. The van der Waals surface area contributed by atoms with Crippen LogP contribution in [-0.2, 0) is 11.2 Å². The lowest BCUT2D eigenvalue weighted by Crippen LogP contribution is -2.50. The van der Waals surface area contributed by atoms with Crippen molar-refractivity contribution in [2.24, 2.45) is 0 Å². The van der Waals surface area contributed by atoms with Gasteiger partial charge in [0.15, 0.2) is 18.1 Å². The minimum Gasteiger partial charge on any atom is -0.493 e. The summed E-state index contributed by atoms with van der Waals surface area (Å²) < 4.78 is 11.1. The Hall–Kier alpha value is -3.09. The number of ether oxygens (including phenoxy) is 2. The topological polar surface area (TPSA) is 67.8 Å². The Morgan fingerprint density at radius 2 is 1.93 bits per heavy atom. The standard InChI is InChI=1S/C20H24N4O3/c1-3-5-16-6-7-17(18(14-16)26-2)27-15-19(25)23-10-12-24(13-11-23)20-21-8-4-9-22-20/h3-4,6-9,14H,1,5,10-13,15H2,2H3. The van der Waals surface area contributed by atoms with Gasteiger partial charge in [0.25, 0.3) is 5.91 Å². The number of carbonyl (C=O) groups excluding carboxylic acids is 1. The zero-order valence-corrected chi connectivity index (χ0v) is 15.5. The van der Waals surface area contributed by atoms with Crippen molar-refractivity contribution in [3.05, 3.63) is 54.9 Å². The largest absolute Gasteiger partial charge is 0.493 e. The van der Waals surface area contributed by atoms with E-state index in [2.05, 4.69) is 21.4 Å². The molecule has 0 N–H and O–H groups in total. The molecule has 27 heavy (non-hydrogen) atoms. The van der Waals surface area contributed by atoms with Crippen LogP contribution in [0.2, 0.25) is 0 Å². The summed E-state index contributed by atoms with van der Waals surface area (Å²) in [6, 6.07) is 7.47. The Morgan fingerprint density at radius 1 is 1.19 bits per heavy atom. The third kappa shape index (κ3) is 4.75. The maximum atomic E-state index is 12.5. The third-order valence-electron chi connectivity index (χ3n) is 4.43. The Morgan fingerprint density at radius 3 is 2.59 bits per heavy atom. The number of benzene rings is 1. The smallest absolute Gasteiger partial charge is 0.260 e. The molecule has 0 radical (unpaired) electrons. The molecule has 2 heterocycles. The molecular formula is C20H24N4O3. The summed E-state index contributed by atoms with van der Waals surface area (Å²) in [5.41, 5.74) is 1.08. The quantitative estimate of drug-likeness (QED) is 0.696. The Kier molecular flexibility index (Phi) is 6.25. The molecule has 1 saturated heterocycles. The predicted molar refractivity (Wildman–Crippen MR) is 103 cm³/mol. The first-order valence-corrected chi connectivity index (χ1v) is 8.91. The van der Waals surface area contributed by atoms with Gasteiger partial charge in [-0.05, 0) is 30.2 Å². The highest BCUT2D eigenvalue weighted by molar-refractivity contribution is 5.78. The second kappa shape index (κ2) is 9.02. The van der Waals surface area contributed by atoms with Gasteiger partial charge in [-0.1, -0.05) is 12.1 Å². The molecule has 0 saturated carbocycles. The van der Waals surface area contributed by atoms with E-state index in [1.54, 1.807) is 30.5 Å². The lowest BCUT2D eigenvalue weighted by atomic mass is 10.1. The van der Waals surface area contributed by atoms with E-state index in [4.69, 9.17) is 9.47 Å². The molecular weight excluding hydrogens is 344 g/mol. The summed E-state index contributed by atoms with van der Waals surface area (Å²) in [5, 5.41) is 0. The molecule has 0 atom stereocenters. The monoisotopic (exact) mass is 368 g/mol. The lowest BCUT2D eigenvalue weighted by Gasteiger charge is -2.34. The summed E-state index contributed by atoms with van der Waals surface area (Å²) >= 11 is 0. The number of nitrogens with zero attached hydrogens (tertiary/aromatic N) is 4. The second-order valence-corrected chi connectivity index (χ2v) is 6.18. The Balaban J connectivity index is 1.52. The van der Waals surface area contributed by atoms with E-state index < -0.39 is 0 Å². The molecule has 142 valence electrons. The molecule has 2 aromatic rings. The van der Waals surface area contributed by atoms with Crippen LogP contribution in [0.15, 0.2) is 49.3 Å². The van der Waals surface area contributed by atoms with Crippen molar-refractivity contribution in [1.82, 2.24) is 14.9 Å². The normalized spacial score (nSPS) is 14.0. The molecule has 1 amide bonds. The molecule has 0 unspecified atom stereocenters. The highest BCUT2D eigenvalue weighted by Gasteiger charge is 2.23. The number of methoxy groups -OCH3 is 1. The molecule has 1 aromatic heterocycles. The van der Waals surface area contributed by atoms with Gasteiger partial charge in [-0.3, -0.25) is 4.79 Å². The van der Waals surface area contributed by atoms with Crippen LogP contribution in [0.3, 0.4) is 0 Å². The number of rotatable bonds is 7. The summed E-state index contributed by atoms with van der Waals surface area (Å²) in [6.07, 6.45) is 6.03. The fourth-order valence-electron chi connectivity index (χ4n) is 2.97. The minimum absolute atomic E-state index is 0.0149. The summed E-state index contributed by atoms with van der Waals surface area (Å²) in [7, 11) is 1.59. The number of allylic oxidation sites excluding steroid dienone is 1. The number of hydrogen-bond donors (Lipinski definition) is 0. The van der Waals surface area contributed by atoms with Crippen molar-refractivity contribution >= 4 is 11.9 Å². The van der Waals surface area contributed by atoms with Crippen molar-refractivity contribution in [3.63, 3.8) is 0 Å². The first-order valence-electron chi connectivity index (χ1n) is 8.91. The number of carbonyl (C=O) groups is 1. The fourth-order valence-corrected chi connectivity index (χ4v) is 2.97. The molecule has 1 aliphatic rings. The van der Waals surface area contributed by atoms with Crippen LogP contribution < -0.4 is 14.4 Å². The molecule has 1 aromatic carbocycles. The van der Waals surface area contributed by atoms with Gasteiger partial charge in [-0.15, -0.1) is 6.58 Å². The zero-order chi connectivity index (χ0) is 19.1. The van der Waals surface area contributed by atoms with E-state index in [0.29, 0.717) is 43.6 Å². The number of hydrogen-bond acceptors (Lipinski definition) is 6. The summed E-state index contributed by atoms with van der Waals surface area (Å²) in [5.74, 6) is 1.84. The van der Waals surface area contributed by atoms with Crippen LogP contribution >= 0.6 is 0 Å². The maximum Gasteiger partial charge on any atom is 0.260 e. The van der Waals surface area contributed by atoms with Gasteiger partial charge in [-0.2, -0.15) is 0 Å². The average molecular weight is 368 g/mol. The van der Waals surface area contributed by atoms with E-state index in [-0.39, 0.29) is 12.5 Å². The highest BCUT2D eigenvalue weighted by atomic mass is 16.5. The first-order chi connectivity index (χ1) is 13.2. The van der Waals surface area contributed by atoms with E-state index >= 15 is 0 Å². The van der Waals surface area contributed by atoms with Crippen molar-refractivity contribution in [2.45, 2.75) is 6.42 Å². The van der Waals surface area contributed by atoms with E-state index in [1.807, 2.05) is 24.3 Å². The van der Waals surface area contributed by atoms with Crippen molar-refractivity contribution in [2.75, 3.05) is 44.8 Å². The Bertz CT molecular complexity index is 774. The molecule has 3 rings (SSSR count). The predicted octanol–water partition coefficient (Wildman–Crippen LogP) is 1.94. The average Bonchev–Trinajstić information content (AvgIpc) is 2.73. The van der Waals surface area contributed by atoms with Gasteiger partial charge in [-0.25, -0.2) is 9.97 Å². The van der Waals surface area contributed by atoms with E-state index in [0.717, 1.165) is 12.0 Å². The number of aromatic nitrogens is 2. The molecule has 0 aliphatic carbocycles. The van der Waals surface area contributed by atoms with E-state index in [1.165, 1.54) is 0 Å². The number of piperazine rings is 1. The van der Waals surface area contributed by atoms with E-state index in [9.17, 15) is 4.79 Å². The van der Waals surface area contributed by atoms with Gasteiger partial charge in [0.05, 0.1) is 7.11 Å². The van der Waals surface area contributed by atoms with Gasteiger partial charge in [0.2, 0.25) is 5.95 Å². The van der Waals surface area contributed by atoms with Crippen LogP contribution in [0.1, 0.15) is 5.56 Å². The van der Waals surface area contributed by atoms with Crippen LogP contribution in [0.5, 0.6) is 11.5 Å². The Labute approximate surface area is 159 Å². The van der Waals surface area contributed by atoms with Crippen LogP contribution in [0.25, 0.3) is 0 Å². The van der Waals surface area contributed by atoms with Crippen LogP contribution in [0, 0.1) is 0 Å². The molecule has 1 aliphatic heterocycles. The van der Waals surface area contributed by atoms with Crippen LogP contribution in [0.4, 0.5) is 5.95 Å². The van der Waals surface area contributed by atoms with Gasteiger partial charge >= 0.3 is 0 Å². The molecule has 0 spiro atoms. The minimum atomic E-state index is -0.0409. The number of anilines is 1. The van der Waals surface area contributed by atoms with Crippen molar-refractivity contribution in [3.8, 4) is 11.5 Å². The summed E-state index contributed by atoms with van der Waals surface area (Å²) in [6.45, 7) is 6.37. The third-order valence-corrected chi connectivity index (χ3v) is 4.43. The second-order valence-electron chi connectivity index (χ2n) is 6.18. The molecule has 7 nitrogen and oxygen atoms in total. The molecule has 0 bridgehead atoms. The zero-order valence-electron chi connectivity index (χ0n) is 15.5. The SMILES string of the molecule is C=CCc1ccc(OCC(=O)N2CCN(c3ncccn3)CC2)c(OC)c1. The van der Waals surface area contributed by atoms with Gasteiger partial charge in [0, 0.05) is 38.6 Å². The van der Waals surface area contributed by atoms with Gasteiger partial charge < -0.3 is 19.3 Å². The van der Waals surface area contributed by atoms with Crippen molar-refractivity contribution in [1.29, 1.82) is 0 Å². The van der Waals surface area contributed by atoms with Crippen molar-refractivity contribution < 1.29 is 14.3 Å². The maximum absolute atomic E-state index is 12.5. The number of amides is 1. The molecule has 7 heteroatoms. The summed E-state index contributed by atoms with van der Waals surface area (Å²) in [4.78, 5) is 24.9. The van der Waals surface area contributed by atoms with Crippen LogP contribution in [-0.4, -0.2) is 60.7 Å².